The molecule has 2 heterocycles. The second-order valence-corrected chi connectivity index (χ2v) is 6.84. The average molecular weight is 384 g/mol. The molecule has 0 bridgehead atoms. The zero-order chi connectivity index (χ0) is 19.9. The first-order valence-corrected chi connectivity index (χ1v) is 9.58. The molecule has 0 spiro atoms. The number of likely N-dealkylation sites (tertiary alicyclic amines) is 1. The minimum absolute atomic E-state index is 0.0736. The smallest absolute Gasteiger partial charge is 0.317 e. The number of nitrogens with one attached hydrogen (secondary N) is 2. The Morgan fingerprint density at radius 1 is 1.18 bits per heavy atom. The Morgan fingerprint density at radius 2 is 1.89 bits per heavy atom. The number of rotatable bonds is 5. The number of pyridine rings is 1. The van der Waals surface area contributed by atoms with Crippen molar-refractivity contribution in [3.63, 3.8) is 0 Å². The number of carbonyl (C=O) groups excluding carboxylic acids is 2. The van der Waals surface area contributed by atoms with Crippen molar-refractivity contribution in [2.45, 2.75) is 25.8 Å². The Kier molecular flexibility index (Phi) is 6.57. The van der Waals surface area contributed by atoms with Crippen LogP contribution in [0.2, 0.25) is 0 Å². The number of hydrogen-bond donors (Lipinski definition) is 2. The number of nitrogens with zero attached hydrogens (tertiary/aromatic N) is 2. The maximum atomic E-state index is 13.3. The lowest BCUT2D eigenvalue weighted by atomic mass is 9.94. The van der Waals surface area contributed by atoms with E-state index in [0.717, 1.165) is 5.56 Å². The van der Waals surface area contributed by atoms with Gasteiger partial charge in [-0.3, -0.25) is 9.78 Å². The maximum absolute atomic E-state index is 13.3. The van der Waals surface area contributed by atoms with E-state index in [0.29, 0.717) is 38.2 Å². The van der Waals surface area contributed by atoms with E-state index in [1.165, 1.54) is 12.1 Å². The van der Waals surface area contributed by atoms with Gasteiger partial charge in [-0.05, 0) is 49.6 Å². The molecule has 1 aliphatic heterocycles. The van der Waals surface area contributed by atoms with Crippen molar-refractivity contribution in [3.05, 3.63) is 65.7 Å². The number of benzene rings is 1. The van der Waals surface area contributed by atoms with Crippen LogP contribution in [0.25, 0.3) is 0 Å². The summed E-state index contributed by atoms with van der Waals surface area (Å²) in [7, 11) is 0. The van der Waals surface area contributed by atoms with Crippen LogP contribution in [0.4, 0.5) is 9.18 Å². The SMILES string of the molecule is CCNC(=O)N1CCC(C(=O)NC(c2ccc(F)cc2)c2ccccn2)CC1. The molecule has 2 N–H and O–H groups in total. The van der Waals surface area contributed by atoms with Crippen LogP contribution in [-0.4, -0.2) is 41.5 Å². The van der Waals surface area contributed by atoms with E-state index in [1.807, 2.05) is 25.1 Å². The molecule has 0 radical (unpaired) electrons. The summed E-state index contributed by atoms with van der Waals surface area (Å²) in [4.78, 5) is 30.9. The third-order valence-corrected chi connectivity index (χ3v) is 4.95. The summed E-state index contributed by atoms with van der Waals surface area (Å²) in [5, 5.41) is 5.85. The molecule has 3 rings (SSSR count). The topological polar surface area (TPSA) is 74.3 Å². The van der Waals surface area contributed by atoms with Gasteiger partial charge in [0.2, 0.25) is 5.91 Å². The van der Waals surface area contributed by atoms with Crippen LogP contribution in [0.3, 0.4) is 0 Å². The quantitative estimate of drug-likeness (QED) is 0.832. The second-order valence-electron chi connectivity index (χ2n) is 6.84. The number of hydrogen-bond acceptors (Lipinski definition) is 3. The van der Waals surface area contributed by atoms with Gasteiger partial charge in [0.1, 0.15) is 5.82 Å². The normalized spacial score (nSPS) is 15.7. The molecule has 1 aromatic carbocycles. The zero-order valence-electron chi connectivity index (χ0n) is 15.9. The van der Waals surface area contributed by atoms with E-state index in [4.69, 9.17) is 0 Å². The summed E-state index contributed by atoms with van der Waals surface area (Å²) in [5.74, 6) is -0.569. The van der Waals surface area contributed by atoms with Gasteiger partial charge in [-0.15, -0.1) is 0 Å². The van der Waals surface area contributed by atoms with Gasteiger partial charge in [0.15, 0.2) is 0 Å². The first-order chi connectivity index (χ1) is 13.6. The molecule has 7 heteroatoms. The highest BCUT2D eigenvalue weighted by Crippen LogP contribution is 2.24. The van der Waals surface area contributed by atoms with E-state index >= 15 is 0 Å². The summed E-state index contributed by atoms with van der Waals surface area (Å²) in [6, 6.07) is 11.0. The van der Waals surface area contributed by atoms with Crippen LogP contribution in [0, 0.1) is 11.7 Å². The van der Waals surface area contributed by atoms with Crippen LogP contribution in [0.15, 0.2) is 48.7 Å². The monoisotopic (exact) mass is 384 g/mol. The Labute approximate surface area is 164 Å². The van der Waals surface area contributed by atoms with Crippen LogP contribution in [0.5, 0.6) is 0 Å². The van der Waals surface area contributed by atoms with Crippen molar-refractivity contribution in [2.24, 2.45) is 5.92 Å². The fourth-order valence-corrected chi connectivity index (χ4v) is 3.40. The molecular formula is C21H25FN4O2. The van der Waals surface area contributed by atoms with Crippen molar-refractivity contribution < 1.29 is 14.0 Å². The van der Waals surface area contributed by atoms with Gasteiger partial charge in [0, 0.05) is 31.7 Å². The summed E-state index contributed by atoms with van der Waals surface area (Å²) in [6.45, 7) is 3.57. The third kappa shape index (κ3) is 4.85. The first kappa shape index (κ1) is 19.8. The van der Waals surface area contributed by atoms with Gasteiger partial charge >= 0.3 is 6.03 Å². The van der Waals surface area contributed by atoms with E-state index in [1.54, 1.807) is 23.2 Å². The average Bonchev–Trinajstić information content (AvgIpc) is 2.73. The van der Waals surface area contributed by atoms with Gasteiger partial charge < -0.3 is 15.5 Å². The van der Waals surface area contributed by atoms with Gasteiger partial charge in [-0.25, -0.2) is 9.18 Å². The van der Waals surface area contributed by atoms with E-state index in [2.05, 4.69) is 15.6 Å². The largest absolute Gasteiger partial charge is 0.343 e. The number of urea groups is 1. The maximum Gasteiger partial charge on any atom is 0.317 e. The predicted molar refractivity (Wildman–Crippen MR) is 104 cm³/mol. The highest BCUT2D eigenvalue weighted by Gasteiger charge is 2.29. The van der Waals surface area contributed by atoms with Crippen molar-refractivity contribution >= 4 is 11.9 Å². The molecule has 1 fully saturated rings. The zero-order valence-corrected chi connectivity index (χ0v) is 15.9. The summed E-state index contributed by atoms with van der Waals surface area (Å²) < 4.78 is 13.3. The molecule has 1 aliphatic rings. The van der Waals surface area contributed by atoms with Crippen LogP contribution >= 0.6 is 0 Å². The number of aromatic nitrogens is 1. The molecule has 0 saturated carbocycles. The third-order valence-electron chi connectivity index (χ3n) is 4.95. The Bertz CT molecular complexity index is 790. The standard InChI is InChI=1S/C21H25FN4O2/c1-2-23-21(28)26-13-10-16(11-14-26)20(27)25-19(18-5-3-4-12-24-18)15-6-8-17(22)9-7-15/h3-9,12,16,19H,2,10-11,13-14H2,1H3,(H,23,28)(H,25,27). The number of halogens is 1. The van der Waals surface area contributed by atoms with Crippen LogP contribution in [-0.2, 0) is 4.79 Å². The molecule has 1 aromatic heterocycles. The highest BCUT2D eigenvalue weighted by molar-refractivity contribution is 5.80. The lowest BCUT2D eigenvalue weighted by Crippen LogP contribution is -2.47. The van der Waals surface area contributed by atoms with E-state index in [-0.39, 0.29) is 23.7 Å². The van der Waals surface area contributed by atoms with Crippen LogP contribution < -0.4 is 10.6 Å². The number of carbonyl (C=O) groups is 2. The van der Waals surface area contributed by atoms with Crippen molar-refractivity contribution in [3.8, 4) is 0 Å². The molecule has 1 saturated heterocycles. The minimum atomic E-state index is -0.448. The Balaban J connectivity index is 1.69. The number of piperidine rings is 1. The van der Waals surface area contributed by atoms with Crippen molar-refractivity contribution in [1.82, 2.24) is 20.5 Å². The van der Waals surface area contributed by atoms with Gasteiger partial charge in [-0.2, -0.15) is 0 Å². The molecule has 28 heavy (non-hydrogen) atoms. The Hall–Kier alpha value is -2.96. The molecule has 0 aliphatic carbocycles. The number of amides is 3. The fourth-order valence-electron chi connectivity index (χ4n) is 3.40. The summed E-state index contributed by atoms with van der Waals surface area (Å²) in [6.07, 6.45) is 2.89. The minimum Gasteiger partial charge on any atom is -0.343 e. The van der Waals surface area contributed by atoms with Crippen molar-refractivity contribution in [1.29, 1.82) is 0 Å². The molecule has 148 valence electrons. The summed E-state index contributed by atoms with van der Waals surface area (Å²) in [5.41, 5.74) is 1.47. The van der Waals surface area contributed by atoms with Crippen molar-refractivity contribution in [2.75, 3.05) is 19.6 Å². The molecular weight excluding hydrogens is 359 g/mol. The first-order valence-electron chi connectivity index (χ1n) is 9.58. The second kappa shape index (κ2) is 9.30. The highest BCUT2D eigenvalue weighted by atomic mass is 19.1. The lowest BCUT2D eigenvalue weighted by Gasteiger charge is -2.32. The van der Waals surface area contributed by atoms with E-state index < -0.39 is 6.04 Å². The molecule has 1 unspecified atom stereocenters. The molecule has 6 nitrogen and oxygen atoms in total. The molecule has 2 aromatic rings. The van der Waals surface area contributed by atoms with Crippen LogP contribution in [0.1, 0.15) is 37.1 Å². The van der Waals surface area contributed by atoms with Gasteiger partial charge in [0.25, 0.3) is 0 Å². The molecule has 3 amide bonds. The van der Waals surface area contributed by atoms with Gasteiger partial charge in [-0.1, -0.05) is 18.2 Å². The molecule has 1 atom stereocenters. The fraction of sp³-hybridized carbons (Fsp3) is 0.381. The summed E-state index contributed by atoms with van der Waals surface area (Å²) >= 11 is 0. The Morgan fingerprint density at radius 3 is 2.50 bits per heavy atom. The predicted octanol–water partition coefficient (Wildman–Crippen LogP) is 2.87. The van der Waals surface area contributed by atoms with E-state index in [9.17, 15) is 14.0 Å². The van der Waals surface area contributed by atoms with Gasteiger partial charge in [0.05, 0.1) is 11.7 Å². The lowest BCUT2D eigenvalue weighted by molar-refractivity contribution is -0.126.